The molecule has 0 saturated heterocycles. The van der Waals surface area contributed by atoms with E-state index < -0.39 is 0 Å². The second-order valence-corrected chi connectivity index (χ2v) is 3.20. The number of benzene rings is 1. The van der Waals surface area contributed by atoms with Gasteiger partial charge in [-0.1, -0.05) is 13.0 Å². The second-order valence-electron chi connectivity index (χ2n) is 3.20. The van der Waals surface area contributed by atoms with Crippen LogP contribution in [0.2, 0.25) is 0 Å². The molecule has 0 bridgehead atoms. The summed E-state index contributed by atoms with van der Waals surface area (Å²) < 4.78 is 5.33. The van der Waals surface area contributed by atoms with Crippen LogP contribution in [0.25, 0.3) is 0 Å². The SMILES string of the molecule is CCc1ccc(C(C)=NC)c(OC)c1. The maximum atomic E-state index is 5.33. The molecule has 0 aliphatic heterocycles. The van der Waals surface area contributed by atoms with Gasteiger partial charge in [-0.25, -0.2) is 0 Å². The maximum absolute atomic E-state index is 5.33. The molecule has 0 aliphatic rings. The highest BCUT2D eigenvalue weighted by Crippen LogP contribution is 2.21. The lowest BCUT2D eigenvalue weighted by Gasteiger charge is -2.09. The fraction of sp³-hybridized carbons (Fsp3) is 0.417. The molecule has 0 radical (unpaired) electrons. The standard InChI is InChI=1S/C12H17NO/c1-5-10-6-7-11(9(2)13-3)12(8-10)14-4/h6-8H,5H2,1-4H3. The van der Waals surface area contributed by atoms with Crippen molar-refractivity contribution in [3.8, 4) is 5.75 Å². The van der Waals surface area contributed by atoms with E-state index >= 15 is 0 Å². The smallest absolute Gasteiger partial charge is 0.128 e. The number of hydrogen-bond acceptors (Lipinski definition) is 2. The summed E-state index contributed by atoms with van der Waals surface area (Å²) in [5, 5.41) is 0. The summed E-state index contributed by atoms with van der Waals surface area (Å²) in [7, 11) is 3.49. The molecule has 1 rings (SSSR count). The van der Waals surface area contributed by atoms with Gasteiger partial charge in [0.15, 0.2) is 0 Å². The minimum Gasteiger partial charge on any atom is -0.496 e. The number of rotatable bonds is 3. The Kier molecular flexibility index (Phi) is 3.69. The van der Waals surface area contributed by atoms with Gasteiger partial charge in [-0.05, 0) is 31.0 Å². The highest BCUT2D eigenvalue weighted by Gasteiger charge is 2.05. The third-order valence-corrected chi connectivity index (χ3v) is 2.40. The minimum atomic E-state index is 0.910. The van der Waals surface area contributed by atoms with Crippen LogP contribution >= 0.6 is 0 Å². The Morgan fingerprint density at radius 2 is 2.14 bits per heavy atom. The maximum Gasteiger partial charge on any atom is 0.128 e. The van der Waals surface area contributed by atoms with Gasteiger partial charge in [-0.3, -0.25) is 4.99 Å². The van der Waals surface area contributed by atoms with Crippen molar-refractivity contribution in [2.24, 2.45) is 4.99 Å². The van der Waals surface area contributed by atoms with Crippen molar-refractivity contribution in [1.82, 2.24) is 0 Å². The lowest BCUT2D eigenvalue weighted by Crippen LogP contribution is -1.99. The van der Waals surface area contributed by atoms with E-state index in [2.05, 4.69) is 30.1 Å². The molecule has 0 spiro atoms. The molecule has 1 aromatic rings. The van der Waals surface area contributed by atoms with Crippen LogP contribution in [-0.4, -0.2) is 19.9 Å². The minimum absolute atomic E-state index is 0.910. The van der Waals surface area contributed by atoms with Crippen LogP contribution in [0, 0.1) is 0 Å². The van der Waals surface area contributed by atoms with E-state index in [-0.39, 0.29) is 0 Å². The number of ether oxygens (including phenoxy) is 1. The van der Waals surface area contributed by atoms with E-state index in [1.165, 1.54) is 5.56 Å². The number of methoxy groups -OCH3 is 1. The topological polar surface area (TPSA) is 21.6 Å². The van der Waals surface area contributed by atoms with Crippen LogP contribution in [0.4, 0.5) is 0 Å². The van der Waals surface area contributed by atoms with E-state index in [0.717, 1.165) is 23.4 Å². The van der Waals surface area contributed by atoms with Crippen LogP contribution < -0.4 is 4.74 Å². The molecule has 14 heavy (non-hydrogen) atoms. The normalized spacial score (nSPS) is 11.6. The van der Waals surface area contributed by atoms with E-state index in [9.17, 15) is 0 Å². The van der Waals surface area contributed by atoms with Gasteiger partial charge in [0, 0.05) is 18.3 Å². The van der Waals surface area contributed by atoms with E-state index in [1.54, 1.807) is 14.2 Å². The molecule has 1 aromatic carbocycles. The van der Waals surface area contributed by atoms with Gasteiger partial charge in [0.2, 0.25) is 0 Å². The van der Waals surface area contributed by atoms with E-state index in [4.69, 9.17) is 4.74 Å². The zero-order chi connectivity index (χ0) is 10.6. The molecule has 0 amide bonds. The Hall–Kier alpha value is -1.31. The summed E-state index contributed by atoms with van der Waals surface area (Å²) in [6, 6.07) is 6.26. The molecule has 0 atom stereocenters. The first-order valence-electron chi connectivity index (χ1n) is 4.83. The average molecular weight is 191 g/mol. The second kappa shape index (κ2) is 4.80. The third-order valence-electron chi connectivity index (χ3n) is 2.40. The molecule has 2 heteroatoms. The predicted octanol–water partition coefficient (Wildman–Crippen LogP) is 2.70. The van der Waals surface area contributed by atoms with Crippen LogP contribution in [0.1, 0.15) is 25.0 Å². The Morgan fingerprint density at radius 1 is 1.43 bits per heavy atom. The highest BCUT2D eigenvalue weighted by molar-refractivity contribution is 6.01. The van der Waals surface area contributed by atoms with Crippen molar-refractivity contribution in [3.63, 3.8) is 0 Å². The first kappa shape index (κ1) is 10.8. The molecule has 76 valence electrons. The van der Waals surface area contributed by atoms with Crippen LogP contribution in [0.5, 0.6) is 5.75 Å². The van der Waals surface area contributed by atoms with Crippen LogP contribution in [0.3, 0.4) is 0 Å². The van der Waals surface area contributed by atoms with Gasteiger partial charge < -0.3 is 4.74 Å². The molecule has 0 saturated carbocycles. The van der Waals surface area contributed by atoms with Crippen molar-refractivity contribution < 1.29 is 4.74 Å². The quantitative estimate of drug-likeness (QED) is 0.673. The Bertz CT molecular complexity index is 342. The molecule has 0 aromatic heterocycles. The van der Waals surface area contributed by atoms with Gasteiger partial charge >= 0.3 is 0 Å². The molecule has 0 unspecified atom stereocenters. The number of hydrogen-bond donors (Lipinski definition) is 0. The average Bonchev–Trinajstić information content (AvgIpc) is 2.27. The fourth-order valence-electron chi connectivity index (χ4n) is 1.37. The summed E-state index contributed by atoms with van der Waals surface area (Å²) in [5.74, 6) is 0.910. The Morgan fingerprint density at radius 3 is 2.64 bits per heavy atom. The summed E-state index contributed by atoms with van der Waals surface area (Å²) in [5.41, 5.74) is 3.37. The largest absolute Gasteiger partial charge is 0.496 e. The van der Waals surface area contributed by atoms with Crippen molar-refractivity contribution in [3.05, 3.63) is 29.3 Å². The van der Waals surface area contributed by atoms with E-state index in [0.29, 0.717) is 0 Å². The van der Waals surface area contributed by atoms with Crippen LogP contribution in [0.15, 0.2) is 23.2 Å². The molecular formula is C12H17NO. The first-order valence-corrected chi connectivity index (χ1v) is 4.83. The molecule has 2 nitrogen and oxygen atoms in total. The fourth-order valence-corrected chi connectivity index (χ4v) is 1.37. The van der Waals surface area contributed by atoms with Gasteiger partial charge in [0.05, 0.1) is 7.11 Å². The van der Waals surface area contributed by atoms with Crippen molar-refractivity contribution >= 4 is 5.71 Å². The molecule has 0 aliphatic carbocycles. The molecule has 0 fully saturated rings. The summed E-state index contributed by atoms with van der Waals surface area (Å²) in [6.07, 6.45) is 1.03. The molecule has 0 N–H and O–H groups in total. The highest BCUT2D eigenvalue weighted by atomic mass is 16.5. The van der Waals surface area contributed by atoms with Crippen LogP contribution in [-0.2, 0) is 6.42 Å². The van der Waals surface area contributed by atoms with Crippen molar-refractivity contribution in [1.29, 1.82) is 0 Å². The number of aliphatic imine (C=N–C) groups is 1. The van der Waals surface area contributed by atoms with E-state index in [1.807, 2.05) is 6.92 Å². The van der Waals surface area contributed by atoms with Gasteiger partial charge in [0.1, 0.15) is 5.75 Å². The Balaban J connectivity index is 3.18. The zero-order valence-corrected chi connectivity index (χ0v) is 9.29. The summed E-state index contributed by atoms with van der Waals surface area (Å²) in [6.45, 7) is 4.12. The number of nitrogens with zero attached hydrogens (tertiary/aromatic N) is 1. The van der Waals surface area contributed by atoms with Crippen molar-refractivity contribution in [2.75, 3.05) is 14.2 Å². The molecular weight excluding hydrogens is 174 g/mol. The molecule has 0 heterocycles. The third kappa shape index (κ3) is 2.13. The predicted molar refractivity (Wildman–Crippen MR) is 60.5 cm³/mol. The Labute approximate surface area is 85.6 Å². The van der Waals surface area contributed by atoms with Crippen molar-refractivity contribution in [2.45, 2.75) is 20.3 Å². The van der Waals surface area contributed by atoms with Gasteiger partial charge in [-0.15, -0.1) is 0 Å². The van der Waals surface area contributed by atoms with Gasteiger partial charge in [0.25, 0.3) is 0 Å². The summed E-state index contributed by atoms with van der Waals surface area (Å²) in [4.78, 5) is 4.16. The number of aryl methyl sites for hydroxylation is 1. The summed E-state index contributed by atoms with van der Waals surface area (Å²) >= 11 is 0. The lowest BCUT2D eigenvalue weighted by molar-refractivity contribution is 0.413. The lowest BCUT2D eigenvalue weighted by atomic mass is 10.1. The monoisotopic (exact) mass is 191 g/mol. The first-order chi connectivity index (χ1) is 6.72. The van der Waals surface area contributed by atoms with Gasteiger partial charge in [-0.2, -0.15) is 0 Å². The zero-order valence-electron chi connectivity index (χ0n) is 9.29.